The van der Waals surface area contributed by atoms with Crippen LogP contribution >= 0.6 is 0 Å². The minimum absolute atomic E-state index is 0.113. The van der Waals surface area contributed by atoms with Gasteiger partial charge in [0.05, 0.1) is 6.61 Å². The van der Waals surface area contributed by atoms with Crippen LogP contribution in [0.3, 0.4) is 0 Å². The van der Waals surface area contributed by atoms with E-state index in [9.17, 15) is 9.59 Å². The highest BCUT2D eigenvalue weighted by Crippen LogP contribution is 2.30. The van der Waals surface area contributed by atoms with Crippen LogP contribution < -0.4 is 9.47 Å². The van der Waals surface area contributed by atoms with Crippen LogP contribution in [0.5, 0.6) is 11.5 Å². The minimum atomic E-state index is -0.523. The molecule has 0 atom stereocenters. The number of allylic oxidation sites excluding steroid dienone is 1. The Morgan fingerprint density at radius 1 is 0.816 bits per heavy atom. The summed E-state index contributed by atoms with van der Waals surface area (Å²) in [4.78, 5) is 25.8. The molecule has 0 aliphatic carbocycles. The lowest BCUT2D eigenvalue weighted by Gasteiger charge is -2.06. The van der Waals surface area contributed by atoms with Gasteiger partial charge in [0.2, 0.25) is 0 Å². The van der Waals surface area contributed by atoms with Crippen LogP contribution in [0.15, 0.2) is 108 Å². The topological polar surface area (TPSA) is 65.7 Å². The van der Waals surface area contributed by atoms with Crippen LogP contribution in [-0.4, -0.2) is 18.4 Å². The van der Waals surface area contributed by atoms with E-state index in [0.29, 0.717) is 46.0 Å². The number of hydrogen-bond acceptors (Lipinski definition) is 5. The second-order valence-corrected chi connectivity index (χ2v) is 8.73. The summed E-state index contributed by atoms with van der Waals surface area (Å²) in [6.45, 7) is 4.15. The number of aryl methyl sites for hydroxylation is 1. The standard InChI is InChI=1S/C33H26O5/c1-3-36-27-17-19-31-29(21-27)32(22(2)37-31)33(35)38-28-11-7-8-23(20-28)12-18-30(34)26-15-13-25(14-16-26)24-9-5-4-6-10-24/h4-21H,3H2,1-2H3/b18-12+. The Morgan fingerprint density at radius 3 is 2.34 bits per heavy atom. The van der Waals surface area contributed by atoms with Gasteiger partial charge in [0.1, 0.15) is 28.4 Å². The number of fused-ring (bicyclic) bond motifs is 1. The number of ether oxygens (including phenoxy) is 2. The third-order valence-corrected chi connectivity index (χ3v) is 6.12. The lowest BCUT2D eigenvalue weighted by Crippen LogP contribution is -2.09. The predicted octanol–water partition coefficient (Wildman–Crippen LogP) is 7.92. The van der Waals surface area contributed by atoms with E-state index < -0.39 is 5.97 Å². The van der Waals surface area contributed by atoms with E-state index in [1.165, 1.54) is 6.08 Å². The van der Waals surface area contributed by atoms with Crippen molar-refractivity contribution in [2.45, 2.75) is 13.8 Å². The van der Waals surface area contributed by atoms with Gasteiger partial charge in [-0.05, 0) is 66.9 Å². The van der Waals surface area contributed by atoms with Gasteiger partial charge in [-0.2, -0.15) is 0 Å². The molecule has 0 unspecified atom stereocenters. The molecule has 0 aliphatic rings. The molecule has 4 aromatic carbocycles. The molecule has 0 amide bonds. The lowest BCUT2D eigenvalue weighted by atomic mass is 10.0. The Labute approximate surface area is 220 Å². The molecule has 0 radical (unpaired) electrons. The summed E-state index contributed by atoms with van der Waals surface area (Å²) >= 11 is 0. The van der Waals surface area contributed by atoms with Gasteiger partial charge in [0.25, 0.3) is 0 Å². The molecular weight excluding hydrogens is 476 g/mol. The smallest absolute Gasteiger partial charge is 0.347 e. The highest BCUT2D eigenvalue weighted by atomic mass is 16.5. The molecule has 0 spiro atoms. The van der Waals surface area contributed by atoms with Crippen LogP contribution in [0, 0.1) is 6.92 Å². The largest absolute Gasteiger partial charge is 0.494 e. The molecular formula is C33H26O5. The van der Waals surface area contributed by atoms with Crippen molar-refractivity contribution in [1.82, 2.24) is 0 Å². The van der Waals surface area contributed by atoms with Crippen molar-refractivity contribution < 1.29 is 23.5 Å². The second kappa shape index (κ2) is 11.0. The molecule has 188 valence electrons. The Bertz CT molecular complexity index is 1630. The predicted molar refractivity (Wildman–Crippen MR) is 149 cm³/mol. The molecule has 0 aliphatic heterocycles. The number of furan rings is 1. The van der Waals surface area contributed by atoms with Gasteiger partial charge in [0, 0.05) is 10.9 Å². The number of esters is 1. The average molecular weight is 503 g/mol. The summed E-state index contributed by atoms with van der Waals surface area (Å²) in [7, 11) is 0. The zero-order valence-electron chi connectivity index (χ0n) is 21.1. The Hall–Kier alpha value is -4.90. The summed E-state index contributed by atoms with van der Waals surface area (Å²) < 4.78 is 17.0. The quantitative estimate of drug-likeness (QED) is 0.0933. The summed E-state index contributed by atoms with van der Waals surface area (Å²) in [5.41, 5.74) is 4.42. The van der Waals surface area contributed by atoms with E-state index in [0.717, 1.165) is 16.7 Å². The van der Waals surface area contributed by atoms with Gasteiger partial charge in [-0.3, -0.25) is 4.79 Å². The maximum absolute atomic E-state index is 13.1. The summed E-state index contributed by atoms with van der Waals surface area (Å²) in [6, 6.07) is 29.9. The molecule has 1 heterocycles. The number of carbonyl (C=O) groups is 2. The van der Waals surface area contributed by atoms with Crippen LogP contribution in [0.25, 0.3) is 28.2 Å². The molecule has 0 saturated heterocycles. The first-order chi connectivity index (χ1) is 18.5. The highest BCUT2D eigenvalue weighted by Gasteiger charge is 2.21. The van der Waals surface area contributed by atoms with Gasteiger partial charge in [-0.1, -0.05) is 72.8 Å². The Balaban J connectivity index is 1.30. The summed E-state index contributed by atoms with van der Waals surface area (Å²) in [6.07, 6.45) is 3.22. The molecule has 0 bridgehead atoms. The van der Waals surface area contributed by atoms with Crippen LogP contribution in [-0.2, 0) is 0 Å². The first kappa shape index (κ1) is 24.8. The molecule has 0 N–H and O–H groups in total. The molecule has 0 fully saturated rings. The van der Waals surface area contributed by atoms with E-state index in [1.54, 1.807) is 49.4 Å². The maximum Gasteiger partial charge on any atom is 0.347 e. The number of carbonyl (C=O) groups excluding carboxylic acids is 2. The fourth-order valence-electron chi connectivity index (χ4n) is 4.27. The molecule has 5 aromatic rings. The molecule has 0 saturated carbocycles. The monoisotopic (exact) mass is 502 g/mol. The van der Waals surface area contributed by atoms with Gasteiger partial charge < -0.3 is 13.9 Å². The molecule has 5 rings (SSSR count). The van der Waals surface area contributed by atoms with E-state index in [2.05, 4.69) is 0 Å². The summed E-state index contributed by atoms with van der Waals surface area (Å²) in [5.74, 6) is 0.856. The van der Waals surface area contributed by atoms with Crippen molar-refractivity contribution in [3.63, 3.8) is 0 Å². The van der Waals surface area contributed by atoms with Crippen molar-refractivity contribution in [3.8, 4) is 22.6 Å². The van der Waals surface area contributed by atoms with Crippen molar-refractivity contribution in [3.05, 3.63) is 126 Å². The third kappa shape index (κ3) is 5.42. The summed E-state index contributed by atoms with van der Waals surface area (Å²) in [5, 5.41) is 0.637. The van der Waals surface area contributed by atoms with Gasteiger partial charge >= 0.3 is 5.97 Å². The second-order valence-electron chi connectivity index (χ2n) is 8.73. The molecule has 1 aromatic heterocycles. The van der Waals surface area contributed by atoms with Gasteiger partial charge in [-0.15, -0.1) is 0 Å². The van der Waals surface area contributed by atoms with Crippen molar-refractivity contribution in [1.29, 1.82) is 0 Å². The van der Waals surface area contributed by atoms with Crippen molar-refractivity contribution in [2.75, 3.05) is 6.61 Å². The number of benzene rings is 4. The van der Waals surface area contributed by atoms with E-state index in [-0.39, 0.29) is 5.78 Å². The van der Waals surface area contributed by atoms with Crippen molar-refractivity contribution in [2.24, 2.45) is 0 Å². The number of hydrogen-bond donors (Lipinski definition) is 0. The number of ketones is 1. The third-order valence-electron chi connectivity index (χ3n) is 6.12. The Kier molecular flexibility index (Phi) is 7.18. The number of rotatable bonds is 8. The Morgan fingerprint density at radius 2 is 1.58 bits per heavy atom. The first-order valence-electron chi connectivity index (χ1n) is 12.4. The highest BCUT2D eigenvalue weighted by molar-refractivity contribution is 6.07. The lowest BCUT2D eigenvalue weighted by molar-refractivity contribution is 0.0734. The zero-order valence-corrected chi connectivity index (χ0v) is 21.1. The van der Waals surface area contributed by atoms with Crippen molar-refractivity contribution >= 4 is 28.8 Å². The average Bonchev–Trinajstić information content (AvgIpc) is 3.28. The molecule has 38 heavy (non-hydrogen) atoms. The van der Waals surface area contributed by atoms with Gasteiger partial charge in [0.15, 0.2) is 5.78 Å². The fraction of sp³-hybridized carbons (Fsp3) is 0.0909. The SMILES string of the molecule is CCOc1ccc2oc(C)c(C(=O)Oc3cccc(/C=C/C(=O)c4ccc(-c5ccccc5)cc4)c3)c2c1. The molecule has 5 nitrogen and oxygen atoms in total. The fourth-order valence-corrected chi connectivity index (χ4v) is 4.27. The van der Waals surface area contributed by atoms with Crippen LogP contribution in [0.2, 0.25) is 0 Å². The zero-order chi connectivity index (χ0) is 26.5. The van der Waals surface area contributed by atoms with E-state index in [1.807, 2.05) is 67.6 Å². The van der Waals surface area contributed by atoms with Gasteiger partial charge in [-0.25, -0.2) is 4.79 Å². The first-order valence-corrected chi connectivity index (χ1v) is 12.4. The van der Waals surface area contributed by atoms with E-state index >= 15 is 0 Å². The normalized spacial score (nSPS) is 11.1. The molecule has 5 heteroatoms. The van der Waals surface area contributed by atoms with Crippen LogP contribution in [0.1, 0.15) is 39.0 Å². The van der Waals surface area contributed by atoms with E-state index in [4.69, 9.17) is 13.9 Å². The van der Waals surface area contributed by atoms with Crippen LogP contribution in [0.4, 0.5) is 0 Å². The maximum atomic E-state index is 13.1. The minimum Gasteiger partial charge on any atom is -0.494 e.